The molecule has 108 valence electrons. The van der Waals surface area contributed by atoms with Crippen LogP contribution in [0.3, 0.4) is 0 Å². The van der Waals surface area contributed by atoms with Gasteiger partial charge in [0, 0.05) is 31.5 Å². The predicted molar refractivity (Wildman–Crippen MR) is 77.2 cm³/mol. The summed E-state index contributed by atoms with van der Waals surface area (Å²) >= 11 is 0. The Morgan fingerprint density at radius 3 is 2.70 bits per heavy atom. The lowest BCUT2D eigenvalue weighted by Gasteiger charge is -2.07. The molecular weight excluding hydrogens is 278 g/mol. The fourth-order valence-corrected chi connectivity index (χ4v) is 2.64. The number of sulfonamides is 1. The third-order valence-corrected chi connectivity index (χ3v) is 4.06. The van der Waals surface area contributed by atoms with Gasteiger partial charge < -0.3 is 5.32 Å². The number of hydrogen-bond acceptors (Lipinski definition) is 5. The molecule has 0 aliphatic rings. The second-order valence-electron chi connectivity index (χ2n) is 4.54. The van der Waals surface area contributed by atoms with Crippen LogP contribution in [0.5, 0.6) is 0 Å². The quantitative estimate of drug-likeness (QED) is 0.876. The zero-order valence-corrected chi connectivity index (χ0v) is 12.3. The van der Waals surface area contributed by atoms with Crippen molar-refractivity contribution in [3.8, 4) is 0 Å². The summed E-state index contributed by atoms with van der Waals surface area (Å²) in [5, 5.41) is 6.89. The standard InChI is InChI=1S/C12H17N5O2S/c1-9(2)17-8-10(7-15-17)16-20(18,19)11-4-5-14-12(6-11)13-3/h4-9,16H,1-3H3,(H,13,14). The van der Waals surface area contributed by atoms with Crippen LogP contribution in [0, 0.1) is 0 Å². The molecule has 0 spiro atoms. The molecule has 0 fully saturated rings. The fourth-order valence-electron chi connectivity index (χ4n) is 1.60. The van der Waals surface area contributed by atoms with Gasteiger partial charge in [-0.1, -0.05) is 0 Å². The van der Waals surface area contributed by atoms with Gasteiger partial charge in [-0.05, 0) is 19.9 Å². The van der Waals surface area contributed by atoms with Crippen LogP contribution in [-0.2, 0) is 10.0 Å². The molecule has 0 saturated carbocycles. The molecule has 20 heavy (non-hydrogen) atoms. The number of nitrogens with one attached hydrogen (secondary N) is 2. The lowest BCUT2D eigenvalue weighted by Crippen LogP contribution is -2.13. The first-order chi connectivity index (χ1) is 9.42. The Morgan fingerprint density at radius 1 is 1.35 bits per heavy atom. The summed E-state index contributed by atoms with van der Waals surface area (Å²) in [5.74, 6) is 0.491. The molecule has 2 rings (SSSR count). The molecule has 0 aliphatic carbocycles. The Kier molecular flexibility index (Phi) is 3.93. The van der Waals surface area contributed by atoms with E-state index in [2.05, 4.69) is 20.1 Å². The molecule has 0 unspecified atom stereocenters. The molecule has 0 radical (unpaired) electrons. The van der Waals surface area contributed by atoms with Gasteiger partial charge in [-0.3, -0.25) is 9.40 Å². The SMILES string of the molecule is CNc1cc(S(=O)(=O)Nc2cnn(C(C)C)c2)ccn1. The van der Waals surface area contributed by atoms with Gasteiger partial charge in [-0.25, -0.2) is 13.4 Å². The van der Waals surface area contributed by atoms with Crippen molar-refractivity contribution in [2.75, 3.05) is 17.1 Å². The van der Waals surface area contributed by atoms with Crippen LogP contribution in [0.4, 0.5) is 11.5 Å². The van der Waals surface area contributed by atoms with E-state index in [9.17, 15) is 8.42 Å². The molecule has 0 bridgehead atoms. The molecular formula is C12H17N5O2S. The van der Waals surface area contributed by atoms with Crippen LogP contribution < -0.4 is 10.0 Å². The van der Waals surface area contributed by atoms with Crippen LogP contribution in [0.25, 0.3) is 0 Å². The molecule has 0 aliphatic heterocycles. The normalized spacial score (nSPS) is 11.6. The Labute approximate surface area is 118 Å². The molecule has 0 atom stereocenters. The van der Waals surface area contributed by atoms with Crippen LogP contribution >= 0.6 is 0 Å². The van der Waals surface area contributed by atoms with Crippen molar-refractivity contribution in [1.82, 2.24) is 14.8 Å². The summed E-state index contributed by atoms with van der Waals surface area (Å²) in [6, 6.07) is 3.08. The van der Waals surface area contributed by atoms with Crippen molar-refractivity contribution in [2.45, 2.75) is 24.8 Å². The van der Waals surface area contributed by atoms with Crippen molar-refractivity contribution in [3.63, 3.8) is 0 Å². The molecule has 0 aromatic carbocycles. The number of nitrogens with zero attached hydrogens (tertiary/aromatic N) is 3. The Hall–Kier alpha value is -2.09. The van der Waals surface area contributed by atoms with E-state index in [1.165, 1.54) is 24.5 Å². The molecule has 7 nitrogen and oxygen atoms in total. The topological polar surface area (TPSA) is 88.9 Å². The van der Waals surface area contributed by atoms with E-state index in [4.69, 9.17) is 0 Å². The van der Waals surface area contributed by atoms with Gasteiger partial charge in [0.2, 0.25) is 0 Å². The van der Waals surface area contributed by atoms with Crippen molar-refractivity contribution in [3.05, 3.63) is 30.7 Å². The first-order valence-corrected chi connectivity index (χ1v) is 7.61. The summed E-state index contributed by atoms with van der Waals surface area (Å²) in [7, 11) is -1.96. The Balaban J connectivity index is 2.25. The Morgan fingerprint density at radius 2 is 2.10 bits per heavy atom. The van der Waals surface area contributed by atoms with Gasteiger partial charge in [0.25, 0.3) is 10.0 Å². The van der Waals surface area contributed by atoms with Crippen molar-refractivity contribution >= 4 is 21.5 Å². The van der Waals surface area contributed by atoms with E-state index in [0.29, 0.717) is 11.5 Å². The Bertz CT molecular complexity index is 693. The molecule has 2 heterocycles. The number of pyridine rings is 1. The van der Waals surface area contributed by atoms with E-state index in [1.807, 2.05) is 13.8 Å². The van der Waals surface area contributed by atoms with E-state index in [0.717, 1.165) is 0 Å². The molecule has 0 saturated heterocycles. The van der Waals surface area contributed by atoms with Gasteiger partial charge in [0.1, 0.15) is 5.82 Å². The van der Waals surface area contributed by atoms with Crippen LogP contribution in [-0.4, -0.2) is 30.2 Å². The van der Waals surface area contributed by atoms with E-state index in [1.54, 1.807) is 17.9 Å². The van der Waals surface area contributed by atoms with Gasteiger partial charge in [0.15, 0.2) is 0 Å². The fraction of sp³-hybridized carbons (Fsp3) is 0.333. The highest BCUT2D eigenvalue weighted by molar-refractivity contribution is 7.92. The van der Waals surface area contributed by atoms with Gasteiger partial charge in [-0.15, -0.1) is 0 Å². The zero-order valence-electron chi connectivity index (χ0n) is 11.5. The first-order valence-electron chi connectivity index (χ1n) is 6.13. The lowest BCUT2D eigenvalue weighted by atomic mass is 10.4. The summed E-state index contributed by atoms with van der Waals surface area (Å²) in [5.41, 5.74) is 0.432. The predicted octanol–water partition coefficient (Wildman–Crippen LogP) is 1.70. The molecule has 8 heteroatoms. The van der Waals surface area contributed by atoms with Crippen molar-refractivity contribution in [1.29, 1.82) is 0 Å². The summed E-state index contributed by atoms with van der Waals surface area (Å²) < 4.78 is 28.7. The maximum absolute atomic E-state index is 12.2. The van der Waals surface area contributed by atoms with E-state index < -0.39 is 10.0 Å². The number of aromatic nitrogens is 3. The number of rotatable bonds is 5. The average molecular weight is 295 g/mol. The van der Waals surface area contributed by atoms with Gasteiger partial charge in [0.05, 0.1) is 16.8 Å². The molecule has 2 N–H and O–H groups in total. The van der Waals surface area contributed by atoms with Gasteiger partial charge in [-0.2, -0.15) is 5.10 Å². The van der Waals surface area contributed by atoms with Crippen molar-refractivity contribution < 1.29 is 8.42 Å². The minimum Gasteiger partial charge on any atom is -0.373 e. The summed E-state index contributed by atoms with van der Waals surface area (Å²) in [6.07, 6.45) is 4.58. The number of anilines is 2. The van der Waals surface area contributed by atoms with E-state index >= 15 is 0 Å². The lowest BCUT2D eigenvalue weighted by molar-refractivity contribution is 0.532. The highest BCUT2D eigenvalue weighted by atomic mass is 32.2. The van der Waals surface area contributed by atoms with E-state index in [-0.39, 0.29) is 10.9 Å². The smallest absolute Gasteiger partial charge is 0.262 e. The average Bonchev–Trinajstić information content (AvgIpc) is 2.87. The van der Waals surface area contributed by atoms with Crippen molar-refractivity contribution in [2.24, 2.45) is 0 Å². The minimum absolute atomic E-state index is 0.147. The molecule has 0 amide bonds. The number of hydrogen-bond donors (Lipinski definition) is 2. The van der Waals surface area contributed by atoms with Crippen LogP contribution in [0.2, 0.25) is 0 Å². The highest BCUT2D eigenvalue weighted by Gasteiger charge is 2.16. The maximum Gasteiger partial charge on any atom is 0.262 e. The molecule has 2 aromatic rings. The largest absolute Gasteiger partial charge is 0.373 e. The van der Waals surface area contributed by atoms with Gasteiger partial charge >= 0.3 is 0 Å². The third kappa shape index (κ3) is 3.08. The second-order valence-corrected chi connectivity index (χ2v) is 6.22. The van der Waals surface area contributed by atoms with Crippen LogP contribution in [0.15, 0.2) is 35.6 Å². The third-order valence-electron chi connectivity index (χ3n) is 2.68. The highest BCUT2D eigenvalue weighted by Crippen LogP contribution is 2.18. The maximum atomic E-state index is 12.2. The summed E-state index contributed by atoms with van der Waals surface area (Å²) in [4.78, 5) is 4.13. The second kappa shape index (κ2) is 5.49. The molecule has 2 aromatic heterocycles. The monoisotopic (exact) mass is 295 g/mol. The zero-order chi connectivity index (χ0) is 14.8. The van der Waals surface area contributed by atoms with Crippen LogP contribution in [0.1, 0.15) is 19.9 Å². The minimum atomic E-state index is -3.64. The first kappa shape index (κ1) is 14.3. The summed E-state index contributed by atoms with van der Waals surface area (Å²) in [6.45, 7) is 3.93.